The topological polar surface area (TPSA) is 93.0 Å². The van der Waals surface area contributed by atoms with Gasteiger partial charge in [0.1, 0.15) is 17.1 Å². The van der Waals surface area contributed by atoms with E-state index < -0.39 is 11.7 Å². The van der Waals surface area contributed by atoms with E-state index in [-0.39, 0.29) is 17.0 Å². The molecule has 0 saturated heterocycles. The third-order valence-electron chi connectivity index (χ3n) is 3.37. The first-order chi connectivity index (χ1) is 11.0. The molecule has 2 aromatic carbocycles. The zero-order valence-electron chi connectivity index (χ0n) is 12.0. The number of carbonyl (C=O) groups is 1. The smallest absolute Gasteiger partial charge is 0.254 e. The van der Waals surface area contributed by atoms with Crippen LogP contribution in [0, 0.1) is 9.39 Å². The van der Waals surface area contributed by atoms with Crippen molar-refractivity contribution in [3.05, 3.63) is 45.4 Å². The van der Waals surface area contributed by atoms with E-state index in [1.165, 1.54) is 19.4 Å². The highest BCUT2D eigenvalue weighted by Crippen LogP contribution is 2.36. The van der Waals surface area contributed by atoms with E-state index in [0.717, 1.165) is 3.57 Å². The van der Waals surface area contributed by atoms with Crippen molar-refractivity contribution in [2.45, 2.75) is 0 Å². The Balaban J connectivity index is 2.23. The van der Waals surface area contributed by atoms with Crippen LogP contribution in [0.4, 0.5) is 15.8 Å². The molecule has 0 aliphatic rings. The van der Waals surface area contributed by atoms with Crippen molar-refractivity contribution in [3.8, 4) is 5.75 Å². The van der Waals surface area contributed by atoms with Gasteiger partial charge in [-0.1, -0.05) is 0 Å². The number of hydrogen-bond donors (Lipinski definition) is 3. The molecule has 0 bridgehead atoms. The molecule has 0 spiro atoms. The number of nitrogens with zero attached hydrogens (tertiary/aromatic N) is 1. The van der Waals surface area contributed by atoms with Crippen molar-refractivity contribution in [2.75, 3.05) is 12.4 Å². The lowest BCUT2D eigenvalue weighted by molar-refractivity contribution is 0.0998. The fourth-order valence-electron chi connectivity index (χ4n) is 2.33. The molecule has 0 radical (unpaired) electrons. The summed E-state index contributed by atoms with van der Waals surface area (Å²) in [5.74, 6) is -0.840. The maximum atomic E-state index is 14.1. The first-order valence-corrected chi connectivity index (χ1v) is 7.65. The first-order valence-electron chi connectivity index (χ1n) is 6.57. The molecular weight excluding hydrogens is 414 g/mol. The molecule has 1 amide bonds. The average molecular weight is 426 g/mol. The normalized spacial score (nSPS) is 10.7. The highest BCUT2D eigenvalue weighted by molar-refractivity contribution is 14.1. The summed E-state index contributed by atoms with van der Waals surface area (Å²) < 4.78 is 20.1. The summed E-state index contributed by atoms with van der Waals surface area (Å²) in [6.07, 6.45) is 1.54. The van der Waals surface area contributed by atoms with Gasteiger partial charge in [-0.3, -0.25) is 9.89 Å². The van der Waals surface area contributed by atoms with Crippen LogP contribution >= 0.6 is 22.6 Å². The van der Waals surface area contributed by atoms with E-state index in [4.69, 9.17) is 10.5 Å². The van der Waals surface area contributed by atoms with Crippen molar-refractivity contribution in [1.82, 2.24) is 10.2 Å². The molecule has 1 aromatic heterocycles. The Kier molecular flexibility index (Phi) is 4.07. The molecule has 6 nitrogen and oxygen atoms in total. The molecule has 0 atom stereocenters. The Labute approximate surface area is 144 Å². The maximum Gasteiger partial charge on any atom is 0.254 e. The van der Waals surface area contributed by atoms with Gasteiger partial charge in [0.25, 0.3) is 5.91 Å². The number of primary amides is 1. The van der Waals surface area contributed by atoms with Crippen LogP contribution in [0.25, 0.3) is 10.9 Å². The largest absolute Gasteiger partial charge is 0.496 e. The monoisotopic (exact) mass is 426 g/mol. The SMILES string of the molecule is COc1cc2[nH]ncc2c(Nc2ccc(I)cc2F)c1C(N)=O. The zero-order valence-corrected chi connectivity index (χ0v) is 14.1. The lowest BCUT2D eigenvalue weighted by Gasteiger charge is -2.15. The number of benzene rings is 2. The number of nitrogens with two attached hydrogens (primary N) is 1. The van der Waals surface area contributed by atoms with Crippen LogP contribution in [0.5, 0.6) is 5.75 Å². The third kappa shape index (κ3) is 2.81. The fraction of sp³-hybridized carbons (Fsp3) is 0.0667. The summed E-state index contributed by atoms with van der Waals surface area (Å²) in [4.78, 5) is 11.9. The van der Waals surface area contributed by atoms with Gasteiger partial charge in [0.2, 0.25) is 0 Å². The lowest BCUT2D eigenvalue weighted by atomic mass is 10.1. The van der Waals surface area contributed by atoms with Gasteiger partial charge >= 0.3 is 0 Å². The van der Waals surface area contributed by atoms with Gasteiger partial charge in [0, 0.05) is 15.0 Å². The molecule has 4 N–H and O–H groups in total. The molecule has 0 fully saturated rings. The van der Waals surface area contributed by atoms with Crippen LogP contribution in [0.3, 0.4) is 0 Å². The van der Waals surface area contributed by atoms with Gasteiger partial charge in [0.15, 0.2) is 0 Å². The first kappa shape index (κ1) is 15.5. The number of halogens is 2. The number of hydrogen-bond acceptors (Lipinski definition) is 4. The number of aromatic nitrogens is 2. The number of fused-ring (bicyclic) bond motifs is 1. The van der Waals surface area contributed by atoms with Gasteiger partial charge in [-0.05, 0) is 40.8 Å². The quantitative estimate of drug-likeness (QED) is 0.559. The minimum Gasteiger partial charge on any atom is -0.496 e. The minimum atomic E-state index is -0.682. The number of methoxy groups -OCH3 is 1. The number of anilines is 2. The van der Waals surface area contributed by atoms with Crippen LogP contribution in [0.1, 0.15) is 10.4 Å². The van der Waals surface area contributed by atoms with Crippen LogP contribution in [-0.4, -0.2) is 23.2 Å². The van der Waals surface area contributed by atoms with Gasteiger partial charge in [-0.15, -0.1) is 0 Å². The second-order valence-electron chi connectivity index (χ2n) is 4.77. The number of amides is 1. The van der Waals surface area contributed by atoms with Crippen molar-refractivity contribution < 1.29 is 13.9 Å². The van der Waals surface area contributed by atoms with E-state index in [0.29, 0.717) is 16.6 Å². The Morgan fingerprint density at radius 2 is 2.22 bits per heavy atom. The molecule has 8 heteroatoms. The molecule has 3 rings (SSSR count). The number of rotatable bonds is 4. The van der Waals surface area contributed by atoms with E-state index in [9.17, 15) is 9.18 Å². The molecule has 0 aliphatic carbocycles. The number of nitrogens with one attached hydrogen (secondary N) is 2. The summed E-state index contributed by atoms with van der Waals surface area (Å²) in [6.45, 7) is 0. The molecule has 23 heavy (non-hydrogen) atoms. The minimum absolute atomic E-state index is 0.138. The van der Waals surface area contributed by atoms with E-state index in [2.05, 4.69) is 15.5 Å². The van der Waals surface area contributed by atoms with Crippen LogP contribution in [-0.2, 0) is 0 Å². The molecule has 0 saturated carbocycles. The third-order valence-corrected chi connectivity index (χ3v) is 4.04. The maximum absolute atomic E-state index is 14.1. The highest BCUT2D eigenvalue weighted by atomic mass is 127. The van der Waals surface area contributed by atoms with Gasteiger partial charge < -0.3 is 15.8 Å². The van der Waals surface area contributed by atoms with Crippen LogP contribution in [0.2, 0.25) is 0 Å². The predicted octanol–water partition coefficient (Wildman–Crippen LogP) is 3.16. The number of carbonyl (C=O) groups excluding carboxylic acids is 1. The zero-order chi connectivity index (χ0) is 16.6. The summed E-state index contributed by atoms with van der Waals surface area (Å²) in [5.41, 5.74) is 6.83. The summed E-state index contributed by atoms with van der Waals surface area (Å²) >= 11 is 2.02. The van der Waals surface area contributed by atoms with E-state index in [1.807, 2.05) is 22.6 Å². The second-order valence-corrected chi connectivity index (χ2v) is 6.02. The Morgan fingerprint density at radius 1 is 1.43 bits per heavy atom. The van der Waals surface area contributed by atoms with E-state index >= 15 is 0 Å². The van der Waals surface area contributed by atoms with Crippen molar-refractivity contribution in [1.29, 1.82) is 0 Å². The van der Waals surface area contributed by atoms with Crippen LogP contribution in [0.15, 0.2) is 30.5 Å². The standard InChI is InChI=1S/C15H12FIN4O2/c1-23-12-5-11-8(6-19-21-11)14(13(12)15(18)22)20-10-3-2-7(17)4-9(10)16/h2-6,20H,1H3,(H2,18,22)(H,19,21). The molecule has 3 aromatic rings. The van der Waals surface area contributed by atoms with Gasteiger partial charge in [-0.25, -0.2) is 4.39 Å². The molecule has 118 valence electrons. The Hall–Kier alpha value is -2.36. The van der Waals surface area contributed by atoms with Crippen molar-refractivity contribution in [2.24, 2.45) is 5.73 Å². The molecule has 0 unspecified atom stereocenters. The highest BCUT2D eigenvalue weighted by Gasteiger charge is 2.20. The second kappa shape index (κ2) is 6.03. The van der Waals surface area contributed by atoms with Crippen molar-refractivity contribution >= 4 is 50.8 Å². The Bertz CT molecular complexity index is 910. The summed E-state index contributed by atoms with van der Waals surface area (Å²) in [5, 5.41) is 10.3. The van der Waals surface area contributed by atoms with Crippen molar-refractivity contribution in [3.63, 3.8) is 0 Å². The van der Waals surface area contributed by atoms with Gasteiger partial charge in [-0.2, -0.15) is 5.10 Å². The summed E-state index contributed by atoms with van der Waals surface area (Å²) in [7, 11) is 1.43. The number of aromatic amines is 1. The lowest BCUT2D eigenvalue weighted by Crippen LogP contribution is -2.15. The number of ether oxygens (including phenoxy) is 1. The van der Waals surface area contributed by atoms with Crippen LogP contribution < -0.4 is 15.8 Å². The average Bonchev–Trinajstić information content (AvgIpc) is 2.97. The molecule has 0 aliphatic heterocycles. The summed E-state index contributed by atoms with van der Waals surface area (Å²) in [6, 6.07) is 6.35. The fourth-order valence-corrected chi connectivity index (χ4v) is 2.78. The predicted molar refractivity (Wildman–Crippen MR) is 93.6 cm³/mol. The molecule has 1 heterocycles. The van der Waals surface area contributed by atoms with Gasteiger partial charge in [0.05, 0.1) is 30.2 Å². The van der Waals surface area contributed by atoms with E-state index in [1.54, 1.807) is 18.2 Å². The Morgan fingerprint density at radius 3 is 2.87 bits per heavy atom. The molecular formula is C15H12FIN4O2. The number of H-pyrrole nitrogens is 1.